The third-order valence-corrected chi connectivity index (χ3v) is 2.75. The molecule has 0 bridgehead atoms. The molecule has 104 valence electrons. The normalized spacial score (nSPS) is 11.7. The average molecular weight is 263 g/mol. The summed E-state index contributed by atoms with van der Waals surface area (Å²) >= 11 is 0. The third-order valence-electron chi connectivity index (χ3n) is 2.75. The molecule has 4 heteroatoms. The van der Waals surface area contributed by atoms with Crippen LogP contribution in [0.5, 0.6) is 0 Å². The molecule has 1 atom stereocenters. The summed E-state index contributed by atoms with van der Waals surface area (Å²) in [5.74, 6) is -0.369. The van der Waals surface area contributed by atoms with Gasteiger partial charge in [-0.3, -0.25) is 4.79 Å². The quantitative estimate of drug-likeness (QED) is 0.769. The van der Waals surface area contributed by atoms with Gasteiger partial charge < -0.3 is 10.1 Å². The number of ether oxygens (including phenoxy) is 1. The van der Waals surface area contributed by atoms with Gasteiger partial charge in [0.05, 0.1) is 12.2 Å². The molecule has 0 aromatic heterocycles. The van der Waals surface area contributed by atoms with Crippen LogP contribution in [-0.4, -0.2) is 24.5 Å². The van der Waals surface area contributed by atoms with Gasteiger partial charge >= 0.3 is 5.97 Å². The fourth-order valence-electron chi connectivity index (χ4n) is 1.88. The highest BCUT2D eigenvalue weighted by Gasteiger charge is 2.11. The molecule has 1 aromatic rings. The second-order valence-electron chi connectivity index (χ2n) is 4.48. The first-order valence-electron chi connectivity index (χ1n) is 6.62. The van der Waals surface area contributed by atoms with E-state index in [0.717, 1.165) is 12.8 Å². The van der Waals surface area contributed by atoms with Gasteiger partial charge in [0.25, 0.3) is 0 Å². The maximum absolute atomic E-state index is 11.7. The van der Waals surface area contributed by atoms with Crippen molar-refractivity contribution in [1.82, 2.24) is 5.32 Å². The Morgan fingerprint density at radius 3 is 2.47 bits per heavy atom. The smallest absolute Gasteiger partial charge is 0.338 e. The topological polar surface area (TPSA) is 55.4 Å². The summed E-state index contributed by atoms with van der Waals surface area (Å²) in [5.41, 5.74) is 0.550. The van der Waals surface area contributed by atoms with E-state index < -0.39 is 0 Å². The first-order valence-corrected chi connectivity index (χ1v) is 6.62. The van der Waals surface area contributed by atoms with E-state index in [9.17, 15) is 9.59 Å². The fourth-order valence-corrected chi connectivity index (χ4v) is 1.88. The Kier molecular flexibility index (Phi) is 6.64. The van der Waals surface area contributed by atoms with E-state index in [1.54, 1.807) is 24.3 Å². The highest BCUT2D eigenvalue weighted by molar-refractivity contribution is 5.89. The lowest BCUT2D eigenvalue weighted by molar-refractivity contribution is -0.119. The van der Waals surface area contributed by atoms with E-state index in [2.05, 4.69) is 12.2 Å². The summed E-state index contributed by atoms with van der Waals surface area (Å²) in [4.78, 5) is 22.7. The Balaban J connectivity index is 2.35. The standard InChI is InChI=1S/C15H21NO3/c1-3-7-14(16-12(2)17)10-11-19-15(18)13-8-5-4-6-9-13/h4-6,8-9,14H,3,7,10-11H2,1-2H3,(H,16,17). The molecule has 4 nitrogen and oxygen atoms in total. The van der Waals surface area contributed by atoms with Crippen LogP contribution in [-0.2, 0) is 9.53 Å². The largest absolute Gasteiger partial charge is 0.462 e. The summed E-state index contributed by atoms with van der Waals surface area (Å²) in [6, 6.07) is 8.97. The Morgan fingerprint density at radius 1 is 1.21 bits per heavy atom. The Hall–Kier alpha value is -1.84. The molecule has 0 heterocycles. The van der Waals surface area contributed by atoms with Gasteiger partial charge in [0.1, 0.15) is 0 Å². The van der Waals surface area contributed by atoms with Gasteiger partial charge in [0, 0.05) is 19.4 Å². The van der Waals surface area contributed by atoms with Crippen LogP contribution >= 0.6 is 0 Å². The van der Waals surface area contributed by atoms with Gasteiger partial charge in [0.2, 0.25) is 5.91 Å². The van der Waals surface area contributed by atoms with Crippen molar-refractivity contribution >= 4 is 11.9 Å². The number of amides is 1. The molecular weight excluding hydrogens is 242 g/mol. The molecule has 0 fully saturated rings. The van der Waals surface area contributed by atoms with Crippen molar-refractivity contribution in [1.29, 1.82) is 0 Å². The predicted molar refractivity (Wildman–Crippen MR) is 73.9 cm³/mol. The lowest BCUT2D eigenvalue weighted by Gasteiger charge is -2.16. The average Bonchev–Trinajstić information content (AvgIpc) is 2.39. The minimum Gasteiger partial charge on any atom is -0.462 e. The number of hydrogen-bond donors (Lipinski definition) is 1. The van der Waals surface area contributed by atoms with Crippen LogP contribution in [0.4, 0.5) is 0 Å². The second kappa shape index (κ2) is 8.29. The molecule has 0 aliphatic heterocycles. The van der Waals surface area contributed by atoms with Crippen LogP contribution in [0.1, 0.15) is 43.5 Å². The van der Waals surface area contributed by atoms with E-state index in [4.69, 9.17) is 4.74 Å². The maximum atomic E-state index is 11.7. The molecular formula is C15H21NO3. The van der Waals surface area contributed by atoms with Gasteiger partial charge in [0.15, 0.2) is 0 Å². The zero-order chi connectivity index (χ0) is 14.1. The van der Waals surface area contributed by atoms with Gasteiger partial charge in [-0.2, -0.15) is 0 Å². The molecule has 0 spiro atoms. The molecule has 0 aliphatic carbocycles. The van der Waals surface area contributed by atoms with Crippen molar-refractivity contribution in [2.75, 3.05) is 6.61 Å². The number of rotatable bonds is 7. The summed E-state index contributed by atoms with van der Waals surface area (Å²) in [6.45, 7) is 3.88. The summed E-state index contributed by atoms with van der Waals surface area (Å²) < 4.78 is 5.20. The maximum Gasteiger partial charge on any atom is 0.338 e. The number of esters is 1. The predicted octanol–water partition coefficient (Wildman–Crippen LogP) is 2.54. The molecule has 19 heavy (non-hydrogen) atoms. The van der Waals surface area contributed by atoms with E-state index in [-0.39, 0.29) is 17.9 Å². The highest BCUT2D eigenvalue weighted by Crippen LogP contribution is 2.05. The molecule has 1 amide bonds. The molecule has 1 rings (SSSR count). The van der Waals surface area contributed by atoms with E-state index in [1.807, 2.05) is 6.07 Å². The molecule has 0 saturated heterocycles. The minimum absolute atomic E-state index is 0.0483. The lowest BCUT2D eigenvalue weighted by atomic mass is 10.1. The van der Waals surface area contributed by atoms with Gasteiger partial charge in [-0.25, -0.2) is 4.79 Å². The summed E-state index contributed by atoms with van der Waals surface area (Å²) in [5, 5.41) is 2.86. The molecule has 0 aliphatic rings. The second-order valence-corrected chi connectivity index (χ2v) is 4.48. The SMILES string of the molecule is CCCC(CCOC(=O)c1ccccc1)NC(C)=O. The Morgan fingerprint density at radius 2 is 1.89 bits per heavy atom. The number of benzene rings is 1. The fraction of sp³-hybridized carbons (Fsp3) is 0.467. The van der Waals surface area contributed by atoms with E-state index >= 15 is 0 Å². The zero-order valence-electron chi connectivity index (χ0n) is 11.5. The number of hydrogen-bond acceptors (Lipinski definition) is 3. The van der Waals surface area contributed by atoms with Crippen LogP contribution in [0.2, 0.25) is 0 Å². The van der Waals surface area contributed by atoms with Crippen molar-refractivity contribution in [2.45, 2.75) is 39.2 Å². The Bertz CT molecular complexity index is 403. The Labute approximate surface area is 114 Å². The first kappa shape index (κ1) is 15.2. The van der Waals surface area contributed by atoms with Crippen LogP contribution < -0.4 is 5.32 Å². The number of nitrogens with one attached hydrogen (secondary N) is 1. The van der Waals surface area contributed by atoms with E-state index in [0.29, 0.717) is 18.6 Å². The lowest BCUT2D eigenvalue weighted by Crippen LogP contribution is -2.34. The van der Waals surface area contributed by atoms with Crippen LogP contribution in [0.3, 0.4) is 0 Å². The summed E-state index contributed by atoms with van der Waals surface area (Å²) in [7, 11) is 0. The van der Waals surface area contributed by atoms with Crippen molar-refractivity contribution in [3.63, 3.8) is 0 Å². The minimum atomic E-state index is -0.321. The van der Waals surface area contributed by atoms with Crippen LogP contribution in [0.25, 0.3) is 0 Å². The highest BCUT2D eigenvalue weighted by atomic mass is 16.5. The van der Waals surface area contributed by atoms with Crippen molar-refractivity contribution in [3.8, 4) is 0 Å². The molecule has 0 saturated carbocycles. The van der Waals surface area contributed by atoms with E-state index in [1.165, 1.54) is 6.92 Å². The number of carbonyl (C=O) groups excluding carboxylic acids is 2. The van der Waals surface area contributed by atoms with Gasteiger partial charge in [-0.1, -0.05) is 31.5 Å². The first-order chi connectivity index (χ1) is 9.13. The zero-order valence-corrected chi connectivity index (χ0v) is 11.5. The third kappa shape index (κ3) is 6.04. The summed E-state index contributed by atoms with van der Waals surface area (Å²) in [6.07, 6.45) is 2.52. The van der Waals surface area contributed by atoms with Gasteiger partial charge in [-0.15, -0.1) is 0 Å². The molecule has 1 N–H and O–H groups in total. The van der Waals surface area contributed by atoms with Crippen molar-refractivity contribution in [3.05, 3.63) is 35.9 Å². The van der Waals surface area contributed by atoms with Gasteiger partial charge in [-0.05, 0) is 18.6 Å². The molecule has 1 aromatic carbocycles. The van der Waals surface area contributed by atoms with Crippen LogP contribution in [0, 0.1) is 0 Å². The molecule has 0 radical (unpaired) electrons. The van der Waals surface area contributed by atoms with Crippen molar-refractivity contribution < 1.29 is 14.3 Å². The number of carbonyl (C=O) groups is 2. The monoisotopic (exact) mass is 263 g/mol. The van der Waals surface area contributed by atoms with Crippen LogP contribution in [0.15, 0.2) is 30.3 Å². The molecule has 1 unspecified atom stereocenters. The van der Waals surface area contributed by atoms with Crippen molar-refractivity contribution in [2.24, 2.45) is 0 Å².